The van der Waals surface area contributed by atoms with E-state index in [1.807, 2.05) is 43.3 Å². The van der Waals surface area contributed by atoms with Gasteiger partial charge in [-0.2, -0.15) is 0 Å². The Morgan fingerprint density at radius 1 is 1.00 bits per heavy atom. The van der Waals surface area contributed by atoms with Gasteiger partial charge in [0, 0.05) is 24.9 Å². The summed E-state index contributed by atoms with van der Waals surface area (Å²) in [5.41, 5.74) is 4.14. The largest absolute Gasteiger partial charge is 0.496 e. The number of amides is 1. The van der Waals surface area contributed by atoms with E-state index >= 15 is 0 Å². The second kappa shape index (κ2) is 10.5. The van der Waals surface area contributed by atoms with Crippen LogP contribution in [0.4, 0.5) is 0 Å². The van der Waals surface area contributed by atoms with Crippen LogP contribution in [0.15, 0.2) is 42.5 Å². The Kier molecular flexibility index (Phi) is 8.05. The normalized spacial score (nSPS) is 10.5. The molecule has 0 heterocycles. The zero-order valence-electron chi connectivity index (χ0n) is 16.5. The molecule has 0 saturated heterocycles. The predicted molar refractivity (Wildman–Crippen MR) is 108 cm³/mol. The number of benzene rings is 2. The lowest BCUT2D eigenvalue weighted by Crippen LogP contribution is -2.26. The van der Waals surface area contributed by atoms with E-state index in [4.69, 9.17) is 4.74 Å². The van der Waals surface area contributed by atoms with Crippen LogP contribution >= 0.6 is 0 Å². The maximum Gasteiger partial charge on any atom is 0.220 e. The number of aryl methyl sites for hydroxylation is 2. The molecule has 0 atom stereocenters. The van der Waals surface area contributed by atoms with E-state index in [9.17, 15) is 9.59 Å². The number of ketones is 1. The van der Waals surface area contributed by atoms with E-state index in [1.165, 1.54) is 5.56 Å². The summed E-state index contributed by atoms with van der Waals surface area (Å²) >= 11 is 0. The predicted octanol–water partition coefficient (Wildman–Crippen LogP) is 4.28. The number of nitrogens with one attached hydrogen (secondary N) is 1. The van der Waals surface area contributed by atoms with E-state index in [1.54, 1.807) is 7.11 Å². The first-order valence-corrected chi connectivity index (χ1v) is 9.55. The fourth-order valence-electron chi connectivity index (χ4n) is 3.05. The first-order chi connectivity index (χ1) is 13.0. The van der Waals surface area contributed by atoms with Crippen molar-refractivity contribution < 1.29 is 14.3 Å². The molecule has 0 unspecified atom stereocenters. The average Bonchev–Trinajstić information content (AvgIpc) is 2.67. The maximum absolute atomic E-state index is 12.2. The van der Waals surface area contributed by atoms with Gasteiger partial charge in [0.1, 0.15) is 5.75 Å². The monoisotopic (exact) mass is 367 g/mol. The van der Waals surface area contributed by atoms with Gasteiger partial charge in [-0.15, -0.1) is 0 Å². The van der Waals surface area contributed by atoms with E-state index in [0.717, 1.165) is 29.7 Å². The summed E-state index contributed by atoms with van der Waals surface area (Å²) in [5.74, 6) is 0.739. The molecule has 27 heavy (non-hydrogen) atoms. The first kappa shape index (κ1) is 20.7. The van der Waals surface area contributed by atoms with Crippen LogP contribution in [0, 0.1) is 6.92 Å². The highest BCUT2D eigenvalue weighted by atomic mass is 16.5. The molecule has 4 nitrogen and oxygen atoms in total. The zero-order valence-corrected chi connectivity index (χ0v) is 16.5. The number of methoxy groups -OCH3 is 1. The molecule has 0 bridgehead atoms. The molecule has 0 aromatic heterocycles. The Hall–Kier alpha value is -2.62. The van der Waals surface area contributed by atoms with Crippen molar-refractivity contribution in [3.8, 4) is 5.75 Å². The van der Waals surface area contributed by atoms with Gasteiger partial charge in [0.2, 0.25) is 5.91 Å². The molecular weight excluding hydrogens is 338 g/mol. The number of rotatable bonds is 10. The number of Topliss-reactive ketones (excluding diaryl/α,β-unsaturated/α-hetero) is 1. The molecule has 0 aliphatic carbocycles. The number of carbonyl (C=O) groups excluding carboxylic acids is 2. The van der Waals surface area contributed by atoms with Crippen LogP contribution in [-0.4, -0.2) is 25.3 Å². The van der Waals surface area contributed by atoms with Crippen molar-refractivity contribution in [3.05, 3.63) is 64.7 Å². The zero-order chi connectivity index (χ0) is 19.6. The van der Waals surface area contributed by atoms with Crippen molar-refractivity contribution in [2.45, 2.75) is 46.0 Å². The van der Waals surface area contributed by atoms with Crippen molar-refractivity contribution in [3.63, 3.8) is 0 Å². The third-order valence-corrected chi connectivity index (χ3v) is 4.55. The molecule has 2 rings (SSSR count). The Balaban J connectivity index is 1.76. The Morgan fingerprint density at radius 2 is 1.74 bits per heavy atom. The molecule has 0 fully saturated rings. The molecular formula is C23H29NO3. The minimum absolute atomic E-state index is 0.00792. The van der Waals surface area contributed by atoms with Crippen LogP contribution in [-0.2, 0) is 17.6 Å². The summed E-state index contributed by atoms with van der Waals surface area (Å²) in [6, 6.07) is 13.7. The maximum atomic E-state index is 12.2. The highest BCUT2D eigenvalue weighted by Crippen LogP contribution is 2.19. The molecule has 0 saturated carbocycles. The van der Waals surface area contributed by atoms with E-state index < -0.39 is 0 Å². The fourth-order valence-corrected chi connectivity index (χ4v) is 3.05. The summed E-state index contributed by atoms with van der Waals surface area (Å²) in [6.45, 7) is 4.69. The lowest BCUT2D eigenvalue weighted by molar-refractivity contribution is -0.121. The molecule has 144 valence electrons. The van der Waals surface area contributed by atoms with E-state index in [-0.39, 0.29) is 24.5 Å². The van der Waals surface area contributed by atoms with Crippen LogP contribution in [0.2, 0.25) is 0 Å². The third kappa shape index (κ3) is 6.55. The fraction of sp³-hybridized carbons (Fsp3) is 0.391. The SMILES string of the molecule is CCCc1ccc(C(=O)CCC(=O)NCCc2cc(C)ccc2OC)cc1. The van der Waals surface area contributed by atoms with Crippen LogP contribution in [0.5, 0.6) is 5.75 Å². The molecule has 0 aliphatic heterocycles. The lowest BCUT2D eigenvalue weighted by Gasteiger charge is -2.10. The van der Waals surface area contributed by atoms with Crippen molar-refractivity contribution in [2.24, 2.45) is 0 Å². The summed E-state index contributed by atoms with van der Waals surface area (Å²) in [7, 11) is 1.65. The van der Waals surface area contributed by atoms with Gasteiger partial charge in [0.15, 0.2) is 5.78 Å². The standard InChI is InChI=1S/C23H29NO3/c1-4-5-18-7-9-19(10-8-18)21(25)11-13-23(26)24-15-14-20-16-17(2)6-12-22(20)27-3/h6-10,12,16H,4-5,11,13-15H2,1-3H3,(H,24,26). The van der Waals surface area contributed by atoms with Gasteiger partial charge in [-0.3, -0.25) is 9.59 Å². The Labute approximate surface area is 161 Å². The number of hydrogen-bond acceptors (Lipinski definition) is 3. The van der Waals surface area contributed by atoms with Crippen LogP contribution in [0.3, 0.4) is 0 Å². The highest BCUT2D eigenvalue weighted by molar-refractivity contribution is 5.97. The Bertz CT molecular complexity index is 766. The van der Waals surface area contributed by atoms with Crippen LogP contribution in [0.1, 0.15) is 53.2 Å². The summed E-state index contributed by atoms with van der Waals surface area (Å²) < 4.78 is 5.35. The van der Waals surface area contributed by atoms with E-state index in [2.05, 4.69) is 18.3 Å². The van der Waals surface area contributed by atoms with Gasteiger partial charge < -0.3 is 10.1 Å². The molecule has 4 heteroatoms. The quantitative estimate of drug-likeness (QED) is 0.638. The average molecular weight is 367 g/mol. The summed E-state index contributed by atoms with van der Waals surface area (Å²) in [6.07, 6.45) is 3.24. The van der Waals surface area contributed by atoms with E-state index in [0.29, 0.717) is 18.5 Å². The van der Waals surface area contributed by atoms with Gasteiger partial charge in [-0.1, -0.05) is 55.3 Å². The molecule has 2 aromatic carbocycles. The summed E-state index contributed by atoms with van der Waals surface area (Å²) in [4.78, 5) is 24.3. The molecule has 0 spiro atoms. The van der Waals surface area contributed by atoms with Crippen molar-refractivity contribution in [2.75, 3.05) is 13.7 Å². The number of hydrogen-bond donors (Lipinski definition) is 1. The minimum atomic E-state index is -0.0995. The second-order valence-electron chi connectivity index (χ2n) is 6.79. The summed E-state index contributed by atoms with van der Waals surface area (Å²) in [5, 5.41) is 2.89. The molecule has 0 aliphatic rings. The highest BCUT2D eigenvalue weighted by Gasteiger charge is 2.10. The topological polar surface area (TPSA) is 55.4 Å². The van der Waals surface area contributed by atoms with Gasteiger partial charge in [-0.25, -0.2) is 0 Å². The molecule has 0 radical (unpaired) electrons. The Morgan fingerprint density at radius 3 is 2.41 bits per heavy atom. The molecule has 1 amide bonds. The molecule has 2 aromatic rings. The van der Waals surface area contributed by atoms with Gasteiger partial charge >= 0.3 is 0 Å². The van der Waals surface area contributed by atoms with Gasteiger partial charge in [0.25, 0.3) is 0 Å². The minimum Gasteiger partial charge on any atom is -0.496 e. The second-order valence-corrected chi connectivity index (χ2v) is 6.79. The van der Waals surface area contributed by atoms with Crippen molar-refractivity contribution >= 4 is 11.7 Å². The van der Waals surface area contributed by atoms with Crippen molar-refractivity contribution in [1.29, 1.82) is 0 Å². The lowest BCUT2D eigenvalue weighted by atomic mass is 10.0. The molecule has 1 N–H and O–H groups in total. The number of ether oxygens (including phenoxy) is 1. The third-order valence-electron chi connectivity index (χ3n) is 4.55. The first-order valence-electron chi connectivity index (χ1n) is 9.55. The van der Waals surface area contributed by atoms with Gasteiger partial charge in [0.05, 0.1) is 7.11 Å². The van der Waals surface area contributed by atoms with Crippen LogP contribution in [0.25, 0.3) is 0 Å². The van der Waals surface area contributed by atoms with Gasteiger partial charge in [-0.05, 0) is 37.0 Å². The van der Waals surface area contributed by atoms with Crippen LogP contribution < -0.4 is 10.1 Å². The number of carbonyl (C=O) groups is 2. The smallest absolute Gasteiger partial charge is 0.220 e. The van der Waals surface area contributed by atoms with Crippen molar-refractivity contribution in [1.82, 2.24) is 5.32 Å².